The molecule has 508 valence electrons. The van der Waals surface area contributed by atoms with Crippen LogP contribution in [-0.2, 0) is 61.3 Å². The van der Waals surface area contributed by atoms with E-state index < -0.39 is 130 Å². The predicted molar refractivity (Wildman–Crippen MR) is 348 cm³/mol. The molecular weight excluding hydrogens is 1280 g/mol. The van der Waals surface area contributed by atoms with Crippen molar-refractivity contribution < 1.29 is 103 Å². The number of rotatable bonds is 45. The molecule has 0 saturated heterocycles. The molecule has 0 aliphatic heterocycles. The van der Waals surface area contributed by atoms with Crippen LogP contribution in [0.25, 0.3) is 0 Å². The van der Waals surface area contributed by atoms with Gasteiger partial charge in [0.1, 0.15) is 0 Å². The van der Waals surface area contributed by atoms with Crippen LogP contribution in [0.1, 0.15) is 67.2 Å². The summed E-state index contributed by atoms with van der Waals surface area (Å²) in [5.41, 5.74) is 0. The number of aliphatic hydroxyl groups is 3. The summed E-state index contributed by atoms with van der Waals surface area (Å²) in [5, 5.41) is 27.6. The minimum absolute atomic E-state index is 0.0274. The van der Waals surface area contributed by atoms with Crippen LogP contribution in [0.2, 0.25) is 142 Å². The van der Waals surface area contributed by atoms with Crippen molar-refractivity contribution in [2.24, 2.45) is 0 Å². The summed E-state index contributed by atoms with van der Waals surface area (Å²) < 4.78 is 162. The minimum atomic E-state index is -4.33. The second-order valence-corrected chi connectivity index (χ2v) is 61.5. The summed E-state index contributed by atoms with van der Waals surface area (Å²) in [4.78, 5) is 0. The maximum atomic E-state index is 13.5. The molecule has 0 radical (unpaired) electrons. The van der Waals surface area contributed by atoms with Crippen LogP contribution >= 0.6 is 0 Å². The third-order valence-corrected chi connectivity index (χ3v) is 47.8. The van der Waals surface area contributed by atoms with Gasteiger partial charge in [-0.05, 0) is 196 Å². The SMILES string of the molecule is C=CCOCC(C)OCC(C)O.CC(O)COC(C)COCCC[Si](C)(C)O[Si](C)(C)O[Si](C)(CCC(F)(F)F)O[Si](C)(C)O[Si](C)(C)CCCOCC(C)OCC(C)O.C[SiH](C)O[Si](C)(C)O[Si](C)(CCC(F)(F)F)O[Si](C)(C)O[SiH](C)C. The Bertz CT molecular complexity index is 1610. The molecule has 6 unspecified atom stereocenters. The molecule has 0 spiro atoms. The first kappa shape index (κ1) is 89.0. The van der Waals surface area contributed by atoms with Crippen LogP contribution in [0.3, 0.4) is 0 Å². The quantitative estimate of drug-likeness (QED) is 0.0226. The topological polar surface area (TPSA) is 190 Å². The lowest BCUT2D eigenvalue weighted by atomic mass is 10.4. The first-order valence-corrected chi connectivity index (χ1v) is 57.8. The first-order chi connectivity index (χ1) is 37.8. The number of aliphatic hydroxyl groups excluding tert-OH is 3. The van der Waals surface area contributed by atoms with Gasteiger partial charge in [-0.2, -0.15) is 26.3 Å². The normalized spacial score (nSPS) is 16.5. The standard InChI is InChI=1S/C30H69F3O10Si5.C12H33F3O4Si5.C9H18O3/c1-26(34)22-38-28(3)24-36-17-14-19-44(5,6)40-46(9,10)42-48(13,21-16-30(31,32)33)43-47(11,12)41-45(7,8)20-15-18-37-25-29(4)39-23-27(2)35;1-20(2)16-22(5,6)18-24(9,11-10-12(13,14)15)19-23(7,8)17-21(3)4;1-4-5-11-7-9(3)12-6-8(2)10/h26-29,34-35H,14-25H2,1-13H3;20-21H,10-11H2,1-9H3;4,8-10H,1,5-7H2,2-3H3. The average Bonchev–Trinajstić information content (AvgIpc) is 3.25. The summed E-state index contributed by atoms with van der Waals surface area (Å²) in [6.07, 6.45) is -8.87. The fourth-order valence-corrected chi connectivity index (χ4v) is 54.5. The van der Waals surface area contributed by atoms with E-state index in [1.165, 1.54) is 0 Å². The molecule has 0 bridgehead atoms. The van der Waals surface area contributed by atoms with Crippen LogP contribution < -0.4 is 0 Å². The maximum Gasteiger partial charge on any atom is 0.389 e. The van der Waals surface area contributed by atoms with Crippen molar-refractivity contribution in [1.29, 1.82) is 0 Å². The molecule has 0 aromatic rings. The third-order valence-electron chi connectivity index (χ3n) is 10.9. The lowest BCUT2D eigenvalue weighted by Gasteiger charge is -2.44. The van der Waals surface area contributed by atoms with Gasteiger partial charge in [-0.3, -0.25) is 0 Å². The van der Waals surface area contributed by atoms with Crippen molar-refractivity contribution in [3.05, 3.63) is 12.7 Å². The van der Waals surface area contributed by atoms with Crippen LogP contribution in [0.15, 0.2) is 12.7 Å². The minimum Gasteiger partial charge on any atom is -0.440 e. The van der Waals surface area contributed by atoms with Crippen molar-refractivity contribution in [3.63, 3.8) is 0 Å². The second-order valence-electron chi connectivity index (χ2n) is 25.7. The van der Waals surface area contributed by atoms with Gasteiger partial charge < -0.3 is 76.7 Å². The van der Waals surface area contributed by atoms with E-state index in [4.69, 9.17) is 66.4 Å². The van der Waals surface area contributed by atoms with Crippen LogP contribution in [-0.4, -0.2) is 210 Å². The molecule has 0 aromatic heterocycles. The zero-order chi connectivity index (χ0) is 66.2. The van der Waals surface area contributed by atoms with E-state index >= 15 is 0 Å². The zero-order valence-corrected chi connectivity index (χ0v) is 66.6. The molecule has 0 heterocycles. The molecule has 6 atom stereocenters. The van der Waals surface area contributed by atoms with Gasteiger partial charge in [0.2, 0.25) is 0 Å². The van der Waals surface area contributed by atoms with Gasteiger partial charge in [-0.15, -0.1) is 6.58 Å². The highest BCUT2D eigenvalue weighted by molar-refractivity contribution is 6.91. The molecule has 0 fully saturated rings. The molecule has 0 aliphatic carbocycles. The number of ether oxygens (including phenoxy) is 6. The van der Waals surface area contributed by atoms with Gasteiger partial charge in [0.05, 0.1) is 82.9 Å². The van der Waals surface area contributed by atoms with Crippen molar-refractivity contribution >= 4 is 86.1 Å². The van der Waals surface area contributed by atoms with E-state index in [0.29, 0.717) is 46.2 Å². The summed E-state index contributed by atoms with van der Waals surface area (Å²) in [5.74, 6) is 0. The summed E-state index contributed by atoms with van der Waals surface area (Å²) >= 11 is 0. The molecule has 0 rings (SSSR count). The van der Waals surface area contributed by atoms with Crippen LogP contribution in [0.4, 0.5) is 26.3 Å². The Kier molecular flexibility index (Phi) is 44.6. The molecule has 0 saturated carbocycles. The van der Waals surface area contributed by atoms with Gasteiger partial charge in [0, 0.05) is 26.1 Å². The summed E-state index contributed by atoms with van der Waals surface area (Å²) in [6, 6.07) is 1.25. The lowest BCUT2D eigenvalue weighted by molar-refractivity contribution is -0.132. The van der Waals surface area contributed by atoms with Crippen molar-refractivity contribution in [1.82, 2.24) is 0 Å². The Morgan fingerprint density at radius 1 is 0.417 bits per heavy atom. The molecule has 0 aliphatic rings. The Balaban J connectivity index is -0.00000149. The van der Waals surface area contributed by atoms with Gasteiger partial charge in [-0.1, -0.05) is 6.08 Å². The number of alkyl halides is 6. The Hall–Kier alpha value is 0.809. The third kappa shape index (κ3) is 56.8. The van der Waals surface area contributed by atoms with Crippen molar-refractivity contribution in [2.75, 3.05) is 59.5 Å². The van der Waals surface area contributed by atoms with E-state index in [-0.39, 0.29) is 43.6 Å². The maximum absolute atomic E-state index is 13.5. The Morgan fingerprint density at radius 3 is 0.940 bits per heavy atom. The lowest BCUT2D eigenvalue weighted by Crippen LogP contribution is -2.60. The van der Waals surface area contributed by atoms with Crippen LogP contribution in [0, 0.1) is 0 Å². The monoisotopic (exact) mass is 1400 g/mol. The molecule has 0 amide bonds. The Morgan fingerprint density at radius 2 is 0.690 bits per heavy atom. The van der Waals surface area contributed by atoms with E-state index in [0.717, 1.165) is 24.9 Å². The predicted octanol–water partition coefficient (Wildman–Crippen LogP) is 12.7. The second kappa shape index (κ2) is 42.1. The van der Waals surface area contributed by atoms with Crippen LogP contribution in [0.5, 0.6) is 0 Å². The highest BCUT2D eigenvalue weighted by atomic mass is 28.5. The number of hydrogen-bond donors (Lipinski definition) is 3. The molecular formula is C51H120F6O17Si10. The van der Waals surface area contributed by atoms with Gasteiger partial charge in [0.15, 0.2) is 34.7 Å². The first-order valence-electron chi connectivity index (χ1n) is 29.7. The molecule has 0 aromatic carbocycles. The largest absolute Gasteiger partial charge is 0.440 e. The van der Waals surface area contributed by atoms with E-state index in [1.807, 2.05) is 99.3 Å². The molecule has 17 nitrogen and oxygen atoms in total. The molecule has 84 heavy (non-hydrogen) atoms. The molecule has 33 heteroatoms. The fraction of sp³-hybridized carbons (Fsp3) is 0.961. The molecule has 3 N–H and O–H groups in total. The highest BCUT2D eigenvalue weighted by Gasteiger charge is 2.50. The van der Waals surface area contributed by atoms with Gasteiger partial charge in [0.25, 0.3) is 0 Å². The average molecular weight is 1400 g/mol. The fourth-order valence-electron chi connectivity index (χ4n) is 8.79. The van der Waals surface area contributed by atoms with Crippen molar-refractivity contribution in [2.45, 2.75) is 258 Å². The summed E-state index contributed by atoms with van der Waals surface area (Å²) in [7, 11) is -24.5. The number of halogens is 6. The van der Waals surface area contributed by atoms with E-state index in [9.17, 15) is 36.6 Å². The van der Waals surface area contributed by atoms with Crippen molar-refractivity contribution in [3.8, 4) is 0 Å². The van der Waals surface area contributed by atoms with E-state index in [1.54, 1.807) is 39.9 Å². The highest BCUT2D eigenvalue weighted by Crippen LogP contribution is 2.35. The Labute approximate surface area is 516 Å². The number of hydrogen-bond acceptors (Lipinski definition) is 17. The van der Waals surface area contributed by atoms with Gasteiger partial charge >= 0.3 is 63.7 Å². The smallest absolute Gasteiger partial charge is 0.389 e. The zero-order valence-electron chi connectivity index (χ0n) is 56.2. The summed E-state index contributed by atoms with van der Waals surface area (Å²) in [6.45, 7) is 53.2. The van der Waals surface area contributed by atoms with E-state index in [2.05, 4.69) is 32.8 Å². The van der Waals surface area contributed by atoms with Gasteiger partial charge in [-0.25, -0.2) is 0 Å².